The predicted molar refractivity (Wildman–Crippen MR) is 112 cm³/mol. The van der Waals surface area contributed by atoms with Gasteiger partial charge in [-0.1, -0.05) is 0 Å². The highest BCUT2D eigenvalue weighted by atomic mass is 19.1. The van der Waals surface area contributed by atoms with Crippen LogP contribution in [0.2, 0.25) is 0 Å². The van der Waals surface area contributed by atoms with Crippen molar-refractivity contribution in [2.75, 3.05) is 13.9 Å². The number of esters is 1. The summed E-state index contributed by atoms with van der Waals surface area (Å²) in [5, 5.41) is 3.88. The molecule has 32 heavy (non-hydrogen) atoms. The molecule has 0 unspecified atom stereocenters. The van der Waals surface area contributed by atoms with Crippen LogP contribution in [0.5, 0.6) is 23.0 Å². The van der Waals surface area contributed by atoms with E-state index in [4.69, 9.17) is 18.9 Å². The second-order valence-corrected chi connectivity index (χ2v) is 6.57. The summed E-state index contributed by atoms with van der Waals surface area (Å²) in [6, 6.07) is 14.6. The number of hydrogen-bond acceptors (Lipinski definition) is 7. The van der Waals surface area contributed by atoms with Crippen LogP contribution in [-0.2, 0) is 0 Å². The van der Waals surface area contributed by atoms with Crippen molar-refractivity contribution in [3.63, 3.8) is 0 Å². The van der Waals surface area contributed by atoms with Gasteiger partial charge < -0.3 is 18.9 Å². The first-order valence-electron chi connectivity index (χ1n) is 9.42. The third kappa shape index (κ3) is 4.67. The van der Waals surface area contributed by atoms with E-state index < -0.39 is 17.7 Å². The van der Waals surface area contributed by atoms with Gasteiger partial charge in [-0.05, 0) is 66.2 Å². The van der Waals surface area contributed by atoms with E-state index in [9.17, 15) is 14.0 Å². The zero-order valence-corrected chi connectivity index (χ0v) is 16.8. The molecule has 0 atom stereocenters. The van der Waals surface area contributed by atoms with Gasteiger partial charge in [0, 0.05) is 5.56 Å². The Labute approximate surface area is 182 Å². The third-order valence-electron chi connectivity index (χ3n) is 4.48. The summed E-state index contributed by atoms with van der Waals surface area (Å²) in [6.07, 6.45) is 1.40. The number of hydrogen-bond donors (Lipinski definition) is 1. The van der Waals surface area contributed by atoms with Crippen molar-refractivity contribution in [2.45, 2.75) is 0 Å². The number of fused-ring (bicyclic) bond motifs is 1. The fourth-order valence-electron chi connectivity index (χ4n) is 2.86. The summed E-state index contributed by atoms with van der Waals surface area (Å²) in [5.41, 5.74) is 3.51. The van der Waals surface area contributed by atoms with Crippen LogP contribution in [-0.4, -0.2) is 32.0 Å². The molecule has 3 aromatic carbocycles. The molecule has 0 radical (unpaired) electrons. The van der Waals surface area contributed by atoms with Crippen molar-refractivity contribution in [1.82, 2.24) is 5.43 Å². The van der Waals surface area contributed by atoms with Crippen LogP contribution in [0.25, 0.3) is 0 Å². The van der Waals surface area contributed by atoms with E-state index in [0.29, 0.717) is 28.4 Å². The minimum atomic E-state index is -0.588. The number of nitrogens with zero attached hydrogens (tertiary/aromatic N) is 1. The predicted octanol–water partition coefficient (Wildman–Crippen LogP) is 3.55. The Kier molecular flexibility index (Phi) is 5.98. The van der Waals surface area contributed by atoms with Crippen LogP contribution in [0.15, 0.2) is 65.8 Å². The van der Waals surface area contributed by atoms with Crippen LogP contribution in [0, 0.1) is 5.82 Å². The molecule has 4 rings (SSSR count). The van der Waals surface area contributed by atoms with Crippen molar-refractivity contribution in [1.29, 1.82) is 0 Å². The fourth-order valence-corrected chi connectivity index (χ4v) is 2.86. The van der Waals surface area contributed by atoms with Gasteiger partial charge >= 0.3 is 5.97 Å². The molecule has 1 amide bonds. The molecule has 0 fully saturated rings. The van der Waals surface area contributed by atoms with Gasteiger partial charge in [0.2, 0.25) is 6.79 Å². The molecule has 0 aliphatic carbocycles. The highest BCUT2D eigenvalue weighted by Gasteiger charge is 2.18. The molecule has 3 aromatic rings. The monoisotopic (exact) mass is 436 g/mol. The standard InChI is InChI=1S/C23H17FN2O6/c1-29-20-10-14(12-25-26-22(27)15-3-6-17(24)7-4-15)2-8-19(20)32-23(28)16-5-9-18-21(11-16)31-13-30-18/h2-12H,13H2,1H3,(H,26,27)/b25-12-. The quantitative estimate of drug-likeness (QED) is 0.275. The number of amides is 1. The van der Waals surface area contributed by atoms with Crippen LogP contribution >= 0.6 is 0 Å². The van der Waals surface area contributed by atoms with Crippen LogP contribution in [0.1, 0.15) is 26.3 Å². The minimum absolute atomic E-state index is 0.106. The van der Waals surface area contributed by atoms with E-state index in [2.05, 4.69) is 10.5 Å². The summed E-state index contributed by atoms with van der Waals surface area (Å²) >= 11 is 0. The summed E-state index contributed by atoms with van der Waals surface area (Å²) in [7, 11) is 1.43. The Morgan fingerprint density at radius 3 is 2.50 bits per heavy atom. The van der Waals surface area contributed by atoms with Gasteiger partial charge in [-0.3, -0.25) is 4.79 Å². The van der Waals surface area contributed by atoms with Gasteiger partial charge in [0.25, 0.3) is 5.91 Å². The summed E-state index contributed by atoms with van der Waals surface area (Å²) in [5.74, 6) is 0.0408. The van der Waals surface area contributed by atoms with E-state index in [-0.39, 0.29) is 18.1 Å². The number of carbonyl (C=O) groups excluding carboxylic acids is 2. The van der Waals surface area contributed by atoms with E-state index in [1.165, 1.54) is 37.6 Å². The Morgan fingerprint density at radius 2 is 1.72 bits per heavy atom. The van der Waals surface area contributed by atoms with Crippen LogP contribution in [0.3, 0.4) is 0 Å². The molecular weight excluding hydrogens is 419 g/mol. The van der Waals surface area contributed by atoms with E-state index in [1.807, 2.05) is 0 Å². The van der Waals surface area contributed by atoms with E-state index in [1.54, 1.807) is 36.4 Å². The second kappa shape index (κ2) is 9.17. The molecule has 0 spiro atoms. The topological polar surface area (TPSA) is 95.5 Å². The van der Waals surface area contributed by atoms with Gasteiger partial charge in [-0.2, -0.15) is 5.10 Å². The fraction of sp³-hybridized carbons (Fsp3) is 0.0870. The maximum atomic E-state index is 12.9. The lowest BCUT2D eigenvalue weighted by Crippen LogP contribution is -2.17. The Hall–Kier alpha value is -4.40. The number of halogens is 1. The summed E-state index contributed by atoms with van der Waals surface area (Å²) in [6.45, 7) is 0.106. The van der Waals surface area contributed by atoms with Crippen molar-refractivity contribution in [3.05, 3.63) is 83.2 Å². The number of benzene rings is 3. The zero-order valence-electron chi connectivity index (χ0n) is 16.8. The van der Waals surface area contributed by atoms with Crippen LogP contribution < -0.4 is 24.4 Å². The van der Waals surface area contributed by atoms with Gasteiger partial charge in [0.1, 0.15) is 5.82 Å². The second-order valence-electron chi connectivity index (χ2n) is 6.57. The Bertz CT molecular complexity index is 1190. The van der Waals surface area contributed by atoms with Gasteiger partial charge in [0.05, 0.1) is 18.9 Å². The number of methoxy groups -OCH3 is 1. The zero-order chi connectivity index (χ0) is 22.5. The van der Waals surface area contributed by atoms with E-state index in [0.717, 1.165) is 0 Å². The first kappa shape index (κ1) is 20.9. The first-order chi connectivity index (χ1) is 15.5. The SMILES string of the molecule is COc1cc(/C=N\NC(=O)c2ccc(F)cc2)ccc1OC(=O)c1ccc2c(c1)OCO2. The minimum Gasteiger partial charge on any atom is -0.493 e. The van der Waals surface area contributed by atoms with Gasteiger partial charge in [-0.25, -0.2) is 14.6 Å². The van der Waals surface area contributed by atoms with Crippen LogP contribution in [0.4, 0.5) is 4.39 Å². The lowest BCUT2D eigenvalue weighted by atomic mass is 10.2. The maximum Gasteiger partial charge on any atom is 0.343 e. The first-order valence-corrected chi connectivity index (χ1v) is 9.42. The number of carbonyl (C=O) groups is 2. The lowest BCUT2D eigenvalue weighted by molar-refractivity contribution is 0.0729. The number of ether oxygens (including phenoxy) is 4. The Morgan fingerprint density at radius 1 is 0.969 bits per heavy atom. The molecule has 1 N–H and O–H groups in total. The van der Waals surface area contributed by atoms with Crippen molar-refractivity contribution >= 4 is 18.1 Å². The molecule has 0 bridgehead atoms. The molecule has 1 aliphatic rings. The van der Waals surface area contributed by atoms with Crippen molar-refractivity contribution < 1.29 is 32.9 Å². The molecule has 0 saturated carbocycles. The summed E-state index contributed by atoms with van der Waals surface area (Å²) in [4.78, 5) is 24.5. The number of rotatable bonds is 6. The molecule has 162 valence electrons. The molecule has 0 aromatic heterocycles. The van der Waals surface area contributed by atoms with E-state index >= 15 is 0 Å². The largest absolute Gasteiger partial charge is 0.493 e. The lowest BCUT2D eigenvalue weighted by Gasteiger charge is -2.10. The third-order valence-corrected chi connectivity index (χ3v) is 4.48. The highest BCUT2D eigenvalue weighted by Crippen LogP contribution is 2.33. The van der Waals surface area contributed by atoms with Gasteiger partial charge in [-0.15, -0.1) is 0 Å². The molecule has 1 heterocycles. The maximum absolute atomic E-state index is 12.9. The average Bonchev–Trinajstić information content (AvgIpc) is 3.28. The average molecular weight is 436 g/mol. The smallest absolute Gasteiger partial charge is 0.343 e. The summed E-state index contributed by atoms with van der Waals surface area (Å²) < 4.78 is 34.2. The highest BCUT2D eigenvalue weighted by molar-refractivity contribution is 5.95. The molecule has 0 saturated heterocycles. The van der Waals surface area contributed by atoms with Crippen molar-refractivity contribution in [2.24, 2.45) is 5.10 Å². The van der Waals surface area contributed by atoms with Crippen molar-refractivity contribution in [3.8, 4) is 23.0 Å². The molecule has 8 nitrogen and oxygen atoms in total. The van der Waals surface area contributed by atoms with Gasteiger partial charge in [0.15, 0.2) is 23.0 Å². The number of nitrogens with one attached hydrogen (secondary N) is 1. The molecule has 1 aliphatic heterocycles. The number of hydrazone groups is 1. The molecule has 9 heteroatoms. The Balaban J connectivity index is 1.42. The normalized spacial score (nSPS) is 11.9. The molecular formula is C23H17FN2O6.